The Labute approximate surface area is 162 Å². The van der Waals surface area contributed by atoms with Crippen LogP contribution in [0.3, 0.4) is 0 Å². The van der Waals surface area contributed by atoms with E-state index in [1.54, 1.807) is 34.4 Å². The Kier molecular flexibility index (Phi) is 5.35. The van der Waals surface area contributed by atoms with Crippen molar-refractivity contribution in [3.05, 3.63) is 40.9 Å². The van der Waals surface area contributed by atoms with E-state index >= 15 is 0 Å². The molecule has 8 heteroatoms. The zero-order valence-corrected chi connectivity index (χ0v) is 15.8. The minimum atomic E-state index is -0.208. The fraction of sp³-hybridized carbons (Fsp3) is 0.421. The van der Waals surface area contributed by atoms with Gasteiger partial charge in [0.25, 0.3) is 5.91 Å². The Morgan fingerprint density at radius 1 is 1.26 bits per heavy atom. The second kappa shape index (κ2) is 8.06. The molecule has 2 aliphatic heterocycles. The van der Waals surface area contributed by atoms with Crippen LogP contribution in [0.5, 0.6) is 0 Å². The number of carbonyl (C=O) groups excluding carboxylic acids is 2. The van der Waals surface area contributed by atoms with Crippen LogP contribution in [0.25, 0.3) is 0 Å². The maximum absolute atomic E-state index is 12.6. The Morgan fingerprint density at radius 3 is 2.93 bits per heavy atom. The van der Waals surface area contributed by atoms with E-state index in [4.69, 9.17) is 0 Å². The van der Waals surface area contributed by atoms with E-state index in [0.717, 1.165) is 38.0 Å². The number of amides is 3. The first-order valence-electron chi connectivity index (χ1n) is 9.34. The fourth-order valence-electron chi connectivity index (χ4n) is 3.50. The molecule has 0 radical (unpaired) electrons. The summed E-state index contributed by atoms with van der Waals surface area (Å²) in [6, 6.07) is 7.03. The van der Waals surface area contributed by atoms with Crippen LogP contribution >= 0.6 is 11.3 Å². The van der Waals surface area contributed by atoms with Crippen LogP contribution in [0.1, 0.15) is 40.4 Å². The Bertz CT molecular complexity index is 831. The molecule has 2 saturated heterocycles. The van der Waals surface area contributed by atoms with Crippen LogP contribution in [0, 0.1) is 0 Å². The molecule has 142 valence electrons. The maximum Gasteiger partial charge on any atom is 0.321 e. The third-order valence-electron chi connectivity index (χ3n) is 4.99. The summed E-state index contributed by atoms with van der Waals surface area (Å²) >= 11 is 1.55. The molecule has 0 spiro atoms. The van der Waals surface area contributed by atoms with E-state index in [2.05, 4.69) is 20.9 Å². The van der Waals surface area contributed by atoms with E-state index in [9.17, 15) is 9.59 Å². The number of hydrogen-bond donors (Lipinski definition) is 3. The van der Waals surface area contributed by atoms with E-state index in [1.165, 1.54) is 4.88 Å². The van der Waals surface area contributed by atoms with Crippen LogP contribution in [0.15, 0.2) is 30.5 Å². The normalized spacial score (nSPS) is 18.2. The number of carbonyl (C=O) groups is 2. The Hall–Kier alpha value is -2.45. The van der Waals surface area contributed by atoms with Gasteiger partial charge in [0.2, 0.25) is 0 Å². The average molecular weight is 385 g/mol. The summed E-state index contributed by atoms with van der Waals surface area (Å²) in [6.45, 7) is 3.41. The number of thiazole rings is 1. The molecule has 1 aromatic carbocycles. The summed E-state index contributed by atoms with van der Waals surface area (Å²) in [5.74, 6) is 0.316. The molecule has 3 heterocycles. The van der Waals surface area contributed by atoms with Crippen LogP contribution in [0.2, 0.25) is 0 Å². The molecule has 0 aliphatic carbocycles. The minimum Gasteiger partial charge on any atom is -0.338 e. The molecule has 7 nitrogen and oxygen atoms in total. The summed E-state index contributed by atoms with van der Waals surface area (Å²) in [6.07, 6.45) is 4.98. The molecule has 3 N–H and O–H groups in total. The van der Waals surface area contributed by atoms with Gasteiger partial charge in [-0.05, 0) is 56.5 Å². The number of piperidine rings is 1. The second-order valence-electron chi connectivity index (χ2n) is 6.83. The van der Waals surface area contributed by atoms with Gasteiger partial charge in [-0.25, -0.2) is 9.78 Å². The standard InChI is InChI=1S/C19H23N5O2S/c25-17(23-18-22-12-16(27-18)13-5-8-20-9-6-13)14-3-1-4-15(11-14)24-10-2-7-21-19(24)26/h1,3-4,11-13,20H,2,5-10H2,(H,21,26)(H,22,23,25). The van der Waals surface area contributed by atoms with E-state index in [1.807, 2.05) is 12.3 Å². The highest BCUT2D eigenvalue weighted by Gasteiger charge is 2.21. The second-order valence-corrected chi connectivity index (χ2v) is 7.90. The van der Waals surface area contributed by atoms with Gasteiger partial charge in [0.15, 0.2) is 5.13 Å². The van der Waals surface area contributed by atoms with Gasteiger partial charge in [-0.1, -0.05) is 6.07 Å². The lowest BCUT2D eigenvalue weighted by atomic mass is 9.97. The zero-order chi connectivity index (χ0) is 18.6. The van der Waals surface area contributed by atoms with Crippen molar-refractivity contribution in [2.24, 2.45) is 0 Å². The highest BCUT2D eigenvalue weighted by molar-refractivity contribution is 7.15. The van der Waals surface area contributed by atoms with Crippen molar-refractivity contribution in [3.63, 3.8) is 0 Å². The lowest BCUT2D eigenvalue weighted by Gasteiger charge is -2.27. The SMILES string of the molecule is O=C(Nc1ncc(C2CCNCC2)s1)c1cccc(N2CCCNC2=O)c1. The van der Waals surface area contributed by atoms with Crippen molar-refractivity contribution >= 4 is 34.1 Å². The predicted molar refractivity (Wildman–Crippen MR) is 107 cm³/mol. The molecule has 27 heavy (non-hydrogen) atoms. The molecule has 2 fully saturated rings. The van der Waals surface area contributed by atoms with Gasteiger partial charge in [-0.2, -0.15) is 0 Å². The molecule has 0 bridgehead atoms. The molecule has 2 aliphatic rings. The highest BCUT2D eigenvalue weighted by Crippen LogP contribution is 2.32. The van der Waals surface area contributed by atoms with Crippen molar-refractivity contribution in [2.45, 2.75) is 25.2 Å². The molecule has 1 aromatic heterocycles. The molecule has 0 saturated carbocycles. The van der Waals surface area contributed by atoms with Crippen molar-refractivity contribution in [1.82, 2.24) is 15.6 Å². The topological polar surface area (TPSA) is 86.4 Å². The summed E-state index contributed by atoms with van der Waals surface area (Å²) in [7, 11) is 0. The van der Waals surface area contributed by atoms with Crippen molar-refractivity contribution in [2.75, 3.05) is 36.4 Å². The molecule has 0 unspecified atom stereocenters. The summed E-state index contributed by atoms with van der Waals surface area (Å²) in [5, 5.41) is 9.70. The molecule has 3 amide bonds. The van der Waals surface area contributed by atoms with E-state index in [-0.39, 0.29) is 11.9 Å². The quantitative estimate of drug-likeness (QED) is 0.755. The number of nitrogens with one attached hydrogen (secondary N) is 3. The highest BCUT2D eigenvalue weighted by atomic mass is 32.1. The van der Waals surface area contributed by atoms with Gasteiger partial charge in [-0.3, -0.25) is 15.0 Å². The number of urea groups is 1. The summed E-state index contributed by atoms with van der Waals surface area (Å²) < 4.78 is 0. The largest absolute Gasteiger partial charge is 0.338 e. The number of nitrogens with zero attached hydrogens (tertiary/aromatic N) is 2. The van der Waals surface area contributed by atoms with Gasteiger partial charge in [0, 0.05) is 35.4 Å². The summed E-state index contributed by atoms with van der Waals surface area (Å²) in [4.78, 5) is 31.9. The van der Waals surface area contributed by atoms with Gasteiger partial charge in [-0.15, -0.1) is 11.3 Å². The van der Waals surface area contributed by atoms with Crippen molar-refractivity contribution in [3.8, 4) is 0 Å². The monoisotopic (exact) mass is 385 g/mol. The number of hydrogen-bond acceptors (Lipinski definition) is 5. The van der Waals surface area contributed by atoms with E-state index < -0.39 is 0 Å². The number of benzene rings is 1. The smallest absolute Gasteiger partial charge is 0.321 e. The van der Waals surface area contributed by atoms with Gasteiger partial charge in [0.1, 0.15) is 0 Å². The molecule has 0 atom stereocenters. The number of rotatable bonds is 4. The number of aromatic nitrogens is 1. The average Bonchev–Trinajstić information content (AvgIpc) is 3.17. The van der Waals surface area contributed by atoms with Gasteiger partial charge >= 0.3 is 6.03 Å². The molecular formula is C19H23N5O2S. The van der Waals surface area contributed by atoms with Gasteiger partial charge in [0.05, 0.1) is 0 Å². The third kappa shape index (κ3) is 4.12. The van der Waals surface area contributed by atoms with Crippen LogP contribution in [-0.2, 0) is 0 Å². The first kappa shape index (κ1) is 17.9. The van der Waals surface area contributed by atoms with Crippen LogP contribution in [0.4, 0.5) is 15.6 Å². The van der Waals surface area contributed by atoms with E-state index in [0.29, 0.717) is 29.7 Å². The Balaban J connectivity index is 1.44. The fourth-order valence-corrected chi connectivity index (χ4v) is 4.48. The Morgan fingerprint density at radius 2 is 2.11 bits per heavy atom. The first-order chi connectivity index (χ1) is 13.2. The van der Waals surface area contributed by atoms with Gasteiger partial charge < -0.3 is 10.6 Å². The zero-order valence-electron chi connectivity index (χ0n) is 15.0. The van der Waals surface area contributed by atoms with Crippen LogP contribution < -0.4 is 20.9 Å². The molecule has 2 aromatic rings. The lowest BCUT2D eigenvalue weighted by Crippen LogP contribution is -2.46. The maximum atomic E-state index is 12.6. The van der Waals surface area contributed by atoms with Crippen molar-refractivity contribution < 1.29 is 9.59 Å². The molecule has 4 rings (SSSR count). The summed E-state index contributed by atoms with van der Waals surface area (Å²) in [5.41, 5.74) is 1.25. The number of anilines is 2. The van der Waals surface area contributed by atoms with Crippen molar-refractivity contribution in [1.29, 1.82) is 0 Å². The predicted octanol–water partition coefficient (Wildman–Crippen LogP) is 2.78. The molecular weight excluding hydrogens is 362 g/mol. The first-order valence-corrected chi connectivity index (χ1v) is 10.2. The lowest BCUT2D eigenvalue weighted by molar-refractivity contribution is 0.102. The van der Waals surface area contributed by atoms with Crippen LogP contribution in [-0.4, -0.2) is 43.1 Å². The third-order valence-corrected chi connectivity index (χ3v) is 6.06. The minimum absolute atomic E-state index is 0.120.